The molecule has 0 saturated heterocycles. The molecule has 0 aliphatic rings. The monoisotopic (exact) mass is 408 g/mol. The number of carbonyl (C=O) groups is 1. The number of methoxy groups -OCH3 is 1. The Morgan fingerprint density at radius 2 is 1.92 bits per heavy atom. The zero-order chi connectivity index (χ0) is 18.4. The van der Waals surface area contributed by atoms with E-state index >= 15 is 0 Å². The highest BCUT2D eigenvalue weighted by Gasteiger charge is 2.15. The van der Waals surface area contributed by atoms with Crippen molar-refractivity contribution >= 4 is 27.5 Å². The number of nitrogens with zero attached hydrogens (tertiary/aromatic N) is 1. The van der Waals surface area contributed by atoms with Crippen LogP contribution in [0.25, 0.3) is 0 Å². The van der Waals surface area contributed by atoms with Crippen molar-refractivity contribution < 1.29 is 19.2 Å². The first kappa shape index (κ1) is 18.7. The largest absolute Gasteiger partial charge is 0.493 e. The maximum Gasteiger partial charge on any atom is 0.273 e. The molecule has 25 heavy (non-hydrogen) atoms. The molecule has 1 atom stereocenters. The molecule has 1 N–H and O–H groups in total. The number of nitrogens with one attached hydrogen (secondary N) is 1. The van der Waals surface area contributed by atoms with Crippen LogP contribution < -0.4 is 14.8 Å². The highest BCUT2D eigenvalue weighted by Crippen LogP contribution is 2.31. The summed E-state index contributed by atoms with van der Waals surface area (Å²) >= 11 is 3.36. The molecule has 1 amide bonds. The van der Waals surface area contributed by atoms with E-state index in [9.17, 15) is 14.9 Å². The van der Waals surface area contributed by atoms with Gasteiger partial charge in [-0.3, -0.25) is 14.9 Å². The molecule has 0 aliphatic heterocycles. The second-order valence-electron chi connectivity index (χ2n) is 5.22. The molecule has 2 aromatic rings. The minimum atomic E-state index is -0.540. The third-order valence-corrected chi connectivity index (χ3v) is 3.99. The third kappa shape index (κ3) is 5.18. The number of benzene rings is 2. The maximum absolute atomic E-state index is 12.1. The summed E-state index contributed by atoms with van der Waals surface area (Å²) in [5.74, 6) is 0.117. The Morgan fingerprint density at radius 3 is 2.52 bits per heavy atom. The van der Waals surface area contributed by atoms with Crippen molar-refractivity contribution in [2.24, 2.45) is 0 Å². The van der Waals surface area contributed by atoms with Gasteiger partial charge in [0.25, 0.3) is 11.6 Å². The normalized spacial score (nSPS) is 11.5. The molecule has 7 nitrogen and oxygen atoms in total. The molecule has 2 rings (SSSR count). The summed E-state index contributed by atoms with van der Waals surface area (Å²) in [7, 11) is 1.42. The summed E-state index contributed by atoms with van der Waals surface area (Å²) in [6.45, 7) is 1.58. The molecule has 0 saturated carbocycles. The van der Waals surface area contributed by atoms with Crippen molar-refractivity contribution in [2.75, 3.05) is 13.7 Å². The zero-order valence-electron chi connectivity index (χ0n) is 13.7. The van der Waals surface area contributed by atoms with Crippen molar-refractivity contribution in [3.05, 3.63) is 62.6 Å². The van der Waals surface area contributed by atoms with E-state index in [1.165, 1.54) is 25.3 Å². The lowest BCUT2D eigenvalue weighted by atomic mass is 10.1. The van der Waals surface area contributed by atoms with E-state index in [1.54, 1.807) is 0 Å². The van der Waals surface area contributed by atoms with Crippen LogP contribution in [-0.2, 0) is 4.79 Å². The van der Waals surface area contributed by atoms with E-state index in [0.717, 1.165) is 10.0 Å². The summed E-state index contributed by atoms with van der Waals surface area (Å²) in [6.07, 6.45) is 0. The lowest BCUT2D eigenvalue weighted by molar-refractivity contribution is -0.385. The molecule has 0 fully saturated rings. The SMILES string of the molecule is COc1ccc([N+](=O)[O-])cc1OCC(=O)NC(C)c1ccc(Br)cc1. The molecule has 8 heteroatoms. The van der Waals surface area contributed by atoms with Gasteiger partial charge < -0.3 is 14.8 Å². The van der Waals surface area contributed by atoms with Gasteiger partial charge in [0.2, 0.25) is 0 Å². The Bertz CT molecular complexity index is 764. The molecule has 2 aromatic carbocycles. The summed E-state index contributed by atoms with van der Waals surface area (Å²) in [5, 5.41) is 13.7. The molecule has 132 valence electrons. The highest BCUT2D eigenvalue weighted by atomic mass is 79.9. The first-order valence-corrected chi connectivity index (χ1v) is 8.20. The minimum Gasteiger partial charge on any atom is -0.493 e. The molecule has 0 aliphatic carbocycles. The summed E-state index contributed by atoms with van der Waals surface area (Å²) in [6, 6.07) is 11.3. The number of hydrogen-bond donors (Lipinski definition) is 1. The van der Waals surface area contributed by atoms with Crippen LogP contribution in [0.1, 0.15) is 18.5 Å². The van der Waals surface area contributed by atoms with Gasteiger partial charge in [-0.25, -0.2) is 0 Å². The van der Waals surface area contributed by atoms with Gasteiger partial charge >= 0.3 is 0 Å². The summed E-state index contributed by atoms with van der Waals surface area (Å²) in [5.41, 5.74) is 0.809. The predicted molar refractivity (Wildman–Crippen MR) is 95.8 cm³/mol. The van der Waals surface area contributed by atoms with Gasteiger partial charge in [-0.2, -0.15) is 0 Å². The Balaban J connectivity index is 1.98. The number of non-ortho nitro benzene ring substituents is 1. The topological polar surface area (TPSA) is 90.7 Å². The molecule has 1 unspecified atom stereocenters. The van der Waals surface area contributed by atoms with Crippen LogP contribution in [0.5, 0.6) is 11.5 Å². The van der Waals surface area contributed by atoms with Gasteiger partial charge in [0.15, 0.2) is 18.1 Å². The minimum absolute atomic E-state index is 0.139. The second-order valence-corrected chi connectivity index (χ2v) is 6.14. The first-order valence-electron chi connectivity index (χ1n) is 7.40. The van der Waals surface area contributed by atoms with E-state index in [0.29, 0.717) is 5.75 Å². The second kappa shape index (κ2) is 8.48. The Labute approximate surface area is 153 Å². The number of hydrogen-bond acceptors (Lipinski definition) is 5. The fourth-order valence-electron chi connectivity index (χ4n) is 2.15. The van der Waals surface area contributed by atoms with Crippen molar-refractivity contribution in [3.63, 3.8) is 0 Å². The lowest BCUT2D eigenvalue weighted by Crippen LogP contribution is -2.31. The van der Waals surface area contributed by atoms with Gasteiger partial charge in [0.1, 0.15) is 0 Å². The quantitative estimate of drug-likeness (QED) is 0.557. The van der Waals surface area contributed by atoms with Gasteiger partial charge in [0, 0.05) is 10.5 Å². The molecule has 0 aromatic heterocycles. The van der Waals surface area contributed by atoms with Crippen molar-refractivity contribution in [1.29, 1.82) is 0 Å². The Hall–Kier alpha value is -2.61. The van der Waals surface area contributed by atoms with Crippen LogP contribution in [0.4, 0.5) is 5.69 Å². The Morgan fingerprint density at radius 1 is 1.24 bits per heavy atom. The number of halogens is 1. The number of rotatable bonds is 7. The average Bonchev–Trinajstić information content (AvgIpc) is 2.60. The molecule has 0 bridgehead atoms. The standard InChI is InChI=1S/C17H17BrN2O5/c1-11(12-3-5-13(18)6-4-12)19-17(21)10-25-16-9-14(20(22)23)7-8-15(16)24-2/h3-9,11H,10H2,1-2H3,(H,19,21). The molecule has 0 radical (unpaired) electrons. The predicted octanol–water partition coefficient (Wildman–Crippen LogP) is 3.62. The van der Waals surface area contributed by atoms with E-state index < -0.39 is 4.92 Å². The van der Waals surface area contributed by atoms with Crippen molar-refractivity contribution in [1.82, 2.24) is 5.32 Å². The van der Waals surface area contributed by atoms with Crippen LogP contribution in [0.2, 0.25) is 0 Å². The summed E-state index contributed by atoms with van der Waals surface area (Å²) < 4.78 is 11.4. The lowest BCUT2D eigenvalue weighted by Gasteiger charge is -2.15. The fraction of sp³-hybridized carbons (Fsp3) is 0.235. The molecular weight excluding hydrogens is 392 g/mol. The van der Waals surface area contributed by atoms with Crippen LogP contribution in [-0.4, -0.2) is 24.5 Å². The van der Waals surface area contributed by atoms with Crippen LogP contribution in [0.3, 0.4) is 0 Å². The number of carbonyl (C=O) groups excluding carboxylic acids is 1. The number of nitro groups is 1. The van der Waals surface area contributed by atoms with E-state index in [4.69, 9.17) is 9.47 Å². The number of ether oxygens (including phenoxy) is 2. The maximum atomic E-state index is 12.1. The molecular formula is C17H17BrN2O5. The van der Waals surface area contributed by atoms with Crippen LogP contribution in [0, 0.1) is 10.1 Å². The molecule has 0 heterocycles. The number of amides is 1. The van der Waals surface area contributed by atoms with Gasteiger partial charge in [-0.05, 0) is 30.7 Å². The zero-order valence-corrected chi connectivity index (χ0v) is 15.3. The average molecular weight is 409 g/mol. The van der Waals surface area contributed by atoms with Gasteiger partial charge in [0.05, 0.1) is 24.1 Å². The Kier molecular flexibility index (Phi) is 6.35. The van der Waals surface area contributed by atoms with Gasteiger partial charge in [-0.1, -0.05) is 28.1 Å². The van der Waals surface area contributed by atoms with Crippen LogP contribution >= 0.6 is 15.9 Å². The highest BCUT2D eigenvalue weighted by molar-refractivity contribution is 9.10. The van der Waals surface area contributed by atoms with Gasteiger partial charge in [-0.15, -0.1) is 0 Å². The first-order chi connectivity index (χ1) is 11.9. The smallest absolute Gasteiger partial charge is 0.273 e. The fourth-order valence-corrected chi connectivity index (χ4v) is 2.42. The van der Waals surface area contributed by atoms with E-state index in [-0.39, 0.29) is 30.0 Å². The number of nitro benzene ring substituents is 1. The van der Waals surface area contributed by atoms with Crippen molar-refractivity contribution in [2.45, 2.75) is 13.0 Å². The molecule has 0 spiro atoms. The summed E-state index contributed by atoms with van der Waals surface area (Å²) in [4.78, 5) is 22.4. The van der Waals surface area contributed by atoms with Crippen LogP contribution in [0.15, 0.2) is 46.9 Å². The van der Waals surface area contributed by atoms with E-state index in [2.05, 4.69) is 21.2 Å². The third-order valence-electron chi connectivity index (χ3n) is 3.46. The van der Waals surface area contributed by atoms with E-state index in [1.807, 2.05) is 31.2 Å². The van der Waals surface area contributed by atoms with Crippen molar-refractivity contribution in [3.8, 4) is 11.5 Å².